The van der Waals surface area contributed by atoms with Gasteiger partial charge in [-0.15, -0.1) is 0 Å². The maximum atomic E-state index is 11.1. The number of carbonyl (C=O) groups excluding carboxylic acids is 2. The van der Waals surface area contributed by atoms with Crippen LogP contribution in [0.15, 0.2) is 11.6 Å². The summed E-state index contributed by atoms with van der Waals surface area (Å²) < 4.78 is 9.74. The van der Waals surface area contributed by atoms with E-state index in [2.05, 4.69) is 13.0 Å². The highest BCUT2D eigenvalue weighted by atomic mass is 16.5. The molecule has 0 N–H and O–H groups in total. The summed E-state index contributed by atoms with van der Waals surface area (Å²) >= 11 is 0. The Morgan fingerprint density at radius 1 is 0.850 bits per heavy atom. The molecule has 0 amide bonds. The van der Waals surface area contributed by atoms with E-state index in [1.54, 1.807) is 0 Å². The Morgan fingerprint density at radius 3 is 1.90 bits per heavy atom. The molecule has 0 aromatic rings. The van der Waals surface area contributed by atoms with Crippen LogP contribution in [0.1, 0.15) is 65.7 Å². The first-order valence-corrected chi connectivity index (χ1v) is 7.57. The summed E-state index contributed by atoms with van der Waals surface area (Å²) in [7, 11) is 0. The van der Waals surface area contributed by atoms with Gasteiger partial charge >= 0.3 is 11.9 Å². The van der Waals surface area contributed by atoms with Gasteiger partial charge in [-0.05, 0) is 52.9 Å². The van der Waals surface area contributed by atoms with Crippen molar-refractivity contribution < 1.29 is 19.1 Å². The average molecular weight is 284 g/mol. The predicted molar refractivity (Wildman–Crippen MR) is 79.3 cm³/mol. The van der Waals surface area contributed by atoms with Crippen LogP contribution in [0, 0.1) is 0 Å². The minimum absolute atomic E-state index is 0.108. The molecular weight excluding hydrogens is 256 g/mol. The minimum atomic E-state index is -0.118. The predicted octanol–water partition coefficient (Wildman–Crippen LogP) is 3.79. The van der Waals surface area contributed by atoms with Gasteiger partial charge in [0.25, 0.3) is 0 Å². The maximum absolute atomic E-state index is 11.1. The number of ether oxygens (including phenoxy) is 2. The number of esters is 2. The van der Waals surface area contributed by atoms with E-state index >= 15 is 0 Å². The van der Waals surface area contributed by atoms with Gasteiger partial charge in [0.2, 0.25) is 0 Å². The zero-order chi connectivity index (χ0) is 15.2. The van der Waals surface area contributed by atoms with Gasteiger partial charge in [0.1, 0.15) is 0 Å². The number of hydrogen-bond acceptors (Lipinski definition) is 4. The van der Waals surface area contributed by atoms with Gasteiger partial charge in [0.15, 0.2) is 0 Å². The number of hydrogen-bond donors (Lipinski definition) is 0. The standard InChI is InChI=1S/C16H28O4/c1-4-19-15(17)12-8-6-10-14(3)11-7-9-13-16(18)20-5-2/h10H,4-9,11-13H2,1-3H3. The molecule has 0 aliphatic rings. The molecule has 0 radical (unpaired) electrons. The molecule has 0 saturated heterocycles. The Morgan fingerprint density at radius 2 is 1.35 bits per heavy atom. The molecule has 0 aromatic carbocycles. The Balaban J connectivity index is 3.56. The van der Waals surface area contributed by atoms with Crippen LogP contribution in [0.3, 0.4) is 0 Å². The molecule has 0 aliphatic heterocycles. The molecule has 0 unspecified atom stereocenters. The second-order valence-electron chi connectivity index (χ2n) is 4.76. The lowest BCUT2D eigenvalue weighted by Crippen LogP contribution is -2.03. The molecule has 0 rings (SSSR count). The van der Waals surface area contributed by atoms with Gasteiger partial charge in [-0.2, -0.15) is 0 Å². The van der Waals surface area contributed by atoms with Gasteiger partial charge in [-0.3, -0.25) is 9.59 Å². The summed E-state index contributed by atoms with van der Waals surface area (Å²) in [5.74, 6) is -0.225. The van der Waals surface area contributed by atoms with Gasteiger partial charge in [0.05, 0.1) is 13.2 Å². The molecule has 20 heavy (non-hydrogen) atoms. The summed E-state index contributed by atoms with van der Waals surface area (Å²) in [6, 6.07) is 0. The van der Waals surface area contributed by atoms with Crippen LogP contribution < -0.4 is 0 Å². The number of allylic oxidation sites excluding steroid dienone is 2. The van der Waals surface area contributed by atoms with Gasteiger partial charge in [-0.1, -0.05) is 11.6 Å². The van der Waals surface area contributed by atoms with Crippen molar-refractivity contribution in [2.75, 3.05) is 13.2 Å². The van der Waals surface area contributed by atoms with E-state index in [-0.39, 0.29) is 11.9 Å². The van der Waals surface area contributed by atoms with Crippen LogP contribution in [-0.2, 0) is 19.1 Å². The van der Waals surface area contributed by atoms with E-state index in [1.807, 2.05) is 13.8 Å². The van der Waals surface area contributed by atoms with Crippen LogP contribution in [0.2, 0.25) is 0 Å². The van der Waals surface area contributed by atoms with Crippen LogP contribution in [0.4, 0.5) is 0 Å². The average Bonchev–Trinajstić information content (AvgIpc) is 2.40. The van der Waals surface area contributed by atoms with Crippen molar-refractivity contribution in [3.05, 3.63) is 11.6 Å². The largest absolute Gasteiger partial charge is 0.466 e. The second-order valence-corrected chi connectivity index (χ2v) is 4.76. The Bertz CT molecular complexity index is 308. The van der Waals surface area contributed by atoms with Crippen molar-refractivity contribution in [1.82, 2.24) is 0 Å². The van der Waals surface area contributed by atoms with Crippen molar-refractivity contribution in [1.29, 1.82) is 0 Å². The summed E-state index contributed by atoms with van der Waals surface area (Å²) in [6.45, 7) is 6.64. The first-order valence-electron chi connectivity index (χ1n) is 7.57. The highest BCUT2D eigenvalue weighted by molar-refractivity contribution is 5.69. The fourth-order valence-corrected chi connectivity index (χ4v) is 1.84. The van der Waals surface area contributed by atoms with E-state index in [4.69, 9.17) is 9.47 Å². The van der Waals surface area contributed by atoms with Crippen LogP contribution >= 0.6 is 0 Å². The van der Waals surface area contributed by atoms with Crippen molar-refractivity contribution in [3.63, 3.8) is 0 Å². The van der Waals surface area contributed by atoms with Gasteiger partial charge in [-0.25, -0.2) is 0 Å². The SMILES string of the molecule is CCOC(=O)CCCC=C(C)CCCCC(=O)OCC. The summed E-state index contributed by atoms with van der Waals surface area (Å²) in [4.78, 5) is 22.3. The molecule has 0 spiro atoms. The molecule has 0 atom stereocenters. The maximum Gasteiger partial charge on any atom is 0.305 e. The Kier molecular flexibility index (Phi) is 11.9. The highest BCUT2D eigenvalue weighted by Gasteiger charge is 2.02. The highest BCUT2D eigenvalue weighted by Crippen LogP contribution is 2.11. The molecular formula is C16H28O4. The number of rotatable bonds is 11. The number of carbonyl (C=O) groups is 2. The lowest BCUT2D eigenvalue weighted by molar-refractivity contribution is -0.144. The molecule has 0 bridgehead atoms. The van der Waals surface area contributed by atoms with Crippen molar-refractivity contribution >= 4 is 11.9 Å². The molecule has 0 fully saturated rings. The van der Waals surface area contributed by atoms with Crippen molar-refractivity contribution in [2.24, 2.45) is 0 Å². The topological polar surface area (TPSA) is 52.6 Å². The number of unbranched alkanes of at least 4 members (excludes halogenated alkanes) is 2. The second kappa shape index (κ2) is 12.7. The van der Waals surface area contributed by atoms with Crippen molar-refractivity contribution in [2.45, 2.75) is 65.7 Å². The Hall–Kier alpha value is -1.32. The molecule has 4 heteroatoms. The fraction of sp³-hybridized carbons (Fsp3) is 0.750. The molecule has 0 saturated carbocycles. The van der Waals surface area contributed by atoms with E-state index in [0.717, 1.165) is 32.1 Å². The zero-order valence-electron chi connectivity index (χ0n) is 13.1. The van der Waals surface area contributed by atoms with Gasteiger partial charge in [0, 0.05) is 12.8 Å². The summed E-state index contributed by atoms with van der Waals surface area (Å²) in [6.07, 6.45) is 7.76. The smallest absolute Gasteiger partial charge is 0.305 e. The van der Waals surface area contributed by atoms with E-state index in [1.165, 1.54) is 5.57 Å². The van der Waals surface area contributed by atoms with E-state index < -0.39 is 0 Å². The van der Waals surface area contributed by atoms with Crippen LogP contribution in [0.5, 0.6) is 0 Å². The quantitative estimate of drug-likeness (QED) is 0.329. The van der Waals surface area contributed by atoms with E-state index in [0.29, 0.717) is 26.1 Å². The lowest BCUT2D eigenvalue weighted by atomic mass is 10.1. The van der Waals surface area contributed by atoms with Crippen molar-refractivity contribution in [3.8, 4) is 0 Å². The molecule has 116 valence electrons. The molecule has 4 nitrogen and oxygen atoms in total. The van der Waals surface area contributed by atoms with Crippen LogP contribution in [0.25, 0.3) is 0 Å². The molecule has 0 aromatic heterocycles. The third kappa shape index (κ3) is 11.8. The Labute approximate surface area is 122 Å². The summed E-state index contributed by atoms with van der Waals surface area (Å²) in [5, 5.41) is 0. The molecule has 0 aliphatic carbocycles. The first-order chi connectivity index (χ1) is 9.60. The fourth-order valence-electron chi connectivity index (χ4n) is 1.84. The van der Waals surface area contributed by atoms with Crippen LogP contribution in [-0.4, -0.2) is 25.2 Å². The zero-order valence-corrected chi connectivity index (χ0v) is 13.1. The lowest BCUT2D eigenvalue weighted by Gasteiger charge is -2.03. The van der Waals surface area contributed by atoms with E-state index in [9.17, 15) is 9.59 Å². The minimum Gasteiger partial charge on any atom is -0.466 e. The van der Waals surface area contributed by atoms with Gasteiger partial charge < -0.3 is 9.47 Å². The monoisotopic (exact) mass is 284 g/mol. The summed E-state index contributed by atoms with van der Waals surface area (Å²) in [5.41, 5.74) is 1.32. The third-order valence-corrected chi connectivity index (χ3v) is 2.89. The first kappa shape index (κ1) is 18.7. The third-order valence-electron chi connectivity index (χ3n) is 2.89. The normalized spacial score (nSPS) is 11.2. The molecule has 0 heterocycles.